The van der Waals surface area contributed by atoms with Gasteiger partial charge >= 0.3 is 0 Å². The second-order valence-electron chi connectivity index (χ2n) is 5.81. The van der Waals surface area contributed by atoms with Crippen LogP contribution in [0.1, 0.15) is 51.9 Å². The quantitative estimate of drug-likeness (QED) is 0.767. The van der Waals surface area contributed by atoms with Gasteiger partial charge in [-0.05, 0) is 64.1 Å². The Hall–Kier alpha value is -0.0800. The lowest BCUT2D eigenvalue weighted by molar-refractivity contribution is 0.261. The first-order valence-corrected chi connectivity index (χ1v) is 7.30. The third-order valence-corrected chi connectivity index (χ3v) is 4.48. The maximum absolute atomic E-state index is 3.78. The smallest absolute Gasteiger partial charge is 0.00671 e. The fourth-order valence-electron chi connectivity index (χ4n) is 3.25. The van der Waals surface area contributed by atoms with Crippen molar-refractivity contribution in [1.29, 1.82) is 0 Å². The monoisotopic (exact) mass is 224 g/mol. The van der Waals surface area contributed by atoms with Crippen LogP contribution in [0.2, 0.25) is 0 Å². The molecule has 1 saturated carbocycles. The van der Waals surface area contributed by atoms with Crippen molar-refractivity contribution in [2.75, 3.05) is 19.6 Å². The summed E-state index contributed by atoms with van der Waals surface area (Å²) in [5.74, 6) is 1.82. The summed E-state index contributed by atoms with van der Waals surface area (Å²) in [6.45, 7) is 6.08. The van der Waals surface area contributed by atoms with Crippen LogP contribution in [0.3, 0.4) is 0 Å². The van der Waals surface area contributed by atoms with Crippen LogP contribution in [-0.4, -0.2) is 25.7 Å². The Kier molecular flexibility index (Phi) is 5.11. The first-order valence-electron chi connectivity index (χ1n) is 7.30. The van der Waals surface area contributed by atoms with Gasteiger partial charge in [-0.25, -0.2) is 0 Å². The molecule has 2 aliphatic rings. The van der Waals surface area contributed by atoms with E-state index in [4.69, 9.17) is 0 Å². The van der Waals surface area contributed by atoms with Crippen LogP contribution < -0.4 is 10.6 Å². The molecule has 0 spiro atoms. The molecule has 0 aromatic heterocycles. The topological polar surface area (TPSA) is 24.1 Å². The van der Waals surface area contributed by atoms with E-state index in [1.54, 1.807) is 0 Å². The molecule has 16 heavy (non-hydrogen) atoms. The van der Waals surface area contributed by atoms with Gasteiger partial charge in [-0.1, -0.05) is 19.3 Å². The minimum atomic E-state index is 0.738. The number of piperidine rings is 1. The van der Waals surface area contributed by atoms with E-state index in [9.17, 15) is 0 Å². The molecule has 94 valence electrons. The van der Waals surface area contributed by atoms with Gasteiger partial charge in [0.1, 0.15) is 0 Å². The molecule has 1 heterocycles. The molecule has 1 aliphatic heterocycles. The van der Waals surface area contributed by atoms with Crippen molar-refractivity contribution in [3.8, 4) is 0 Å². The number of hydrogen-bond donors (Lipinski definition) is 2. The Morgan fingerprint density at radius 1 is 1.12 bits per heavy atom. The summed E-state index contributed by atoms with van der Waals surface area (Å²) in [5.41, 5.74) is 0. The minimum absolute atomic E-state index is 0.738. The highest BCUT2D eigenvalue weighted by molar-refractivity contribution is 4.78. The third kappa shape index (κ3) is 3.74. The summed E-state index contributed by atoms with van der Waals surface area (Å²) >= 11 is 0. The second-order valence-corrected chi connectivity index (χ2v) is 5.81. The average Bonchev–Trinajstić information content (AvgIpc) is 2.38. The maximum atomic E-state index is 3.78. The van der Waals surface area contributed by atoms with Crippen molar-refractivity contribution >= 4 is 0 Å². The predicted molar refractivity (Wildman–Crippen MR) is 69.6 cm³/mol. The van der Waals surface area contributed by atoms with Gasteiger partial charge in [-0.15, -0.1) is 0 Å². The lowest BCUT2D eigenvalue weighted by atomic mass is 9.84. The number of hydrogen-bond acceptors (Lipinski definition) is 2. The first kappa shape index (κ1) is 12.4. The molecule has 1 saturated heterocycles. The predicted octanol–water partition coefficient (Wildman–Crippen LogP) is 2.54. The van der Waals surface area contributed by atoms with Gasteiger partial charge in [0.05, 0.1) is 0 Å². The highest BCUT2D eigenvalue weighted by Gasteiger charge is 2.21. The number of rotatable bonds is 4. The lowest BCUT2D eigenvalue weighted by Crippen LogP contribution is -2.41. The van der Waals surface area contributed by atoms with Crippen LogP contribution in [0.4, 0.5) is 0 Å². The van der Waals surface area contributed by atoms with E-state index in [2.05, 4.69) is 17.6 Å². The number of nitrogens with one attached hydrogen (secondary N) is 2. The zero-order chi connectivity index (χ0) is 11.2. The SMILES string of the molecule is C[C@H](NCC1CCCNC1)C1CCCCC1. The zero-order valence-electron chi connectivity index (χ0n) is 10.8. The average molecular weight is 224 g/mol. The van der Waals surface area contributed by atoms with E-state index in [0.717, 1.165) is 17.9 Å². The van der Waals surface area contributed by atoms with E-state index in [0.29, 0.717) is 0 Å². The summed E-state index contributed by atoms with van der Waals surface area (Å²) in [4.78, 5) is 0. The van der Waals surface area contributed by atoms with Crippen LogP contribution in [0, 0.1) is 11.8 Å². The van der Waals surface area contributed by atoms with Crippen molar-refractivity contribution in [3.05, 3.63) is 0 Å². The molecular formula is C14H28N2. The molecule has 2 N–H and O–H groups in total. The summed E-state index contributed by atoms with van der Waals surface area (Å²) in [7, 11) is 0. The Bertz CT molecular complexity index is 181. The Morgan fingerprint density at radius 3 is 2.62 bits per heavy atom. The van der Waals surface area contributed by atoms with Crippen LogP contribution >= 0.6 is 0 Å². The molecule has 0 amide bonds. The second kappa shape index (κ2) is 6.61. The first-order chi connectivity index (χ1) is 7.86. The molecule has 1 aliphatic carbocycles. The van der Waals surface area contributed by atoms with E-state index >= 15 is 0 Å². The van der Waals surface area contributed by atoms with E-state index in [-0.39, 0.29) is 0 Å². The summed E-state index contributed by atoms with van der Waals surface area (Å²) < 4.78 is 0. The van der Waals surface area contributed by atoms with Crippen molar-refractivity contribution < 1.29 is 0 Å². The molecular weight excluding hydrogens is 196 g/mol. The summed E-state index contributed by atoms with van der Waals surface area (Å²) in [6.07, 6.45) is 10.1. The third-order valence-electron chi connectivity index (χ3n) is 4.48. The zero-order valence-corrected chi connectivity index (χ0v) is 10.8. The lowest BCUT2D eigenvalue weighted by Gasteiger charge is -2.31. The van der Waals surface area contributed by atoms with E-state index in [1.807, 2.05) is 0 Å². The molecule has 2 heteroatoms. The van der Waals surface area contributed by atoms with Gasteiger partial charge in [0.25, 0.3) is 0 Å². The highest BCUT2D eigenvalue weighted by Crippen LogP contribution is 2.26. The van der Waals surface area contributed by atoms with Gasteiger partial charge in [-0.2, -0.15) is 0 Å². The van der Waals surface area contributed by atoms with Crippen molar-refractivity contribution in [2.45, 2.75) is 57.9 Å². The summed E-state index contributed by atoms with van der Waals surface area (Å²) in [5, 5.41) is 7.28. The largest absolute Gasteiger partial charge is 0.316 e. The van der Waals surface area contributed by atoms with Crippen LogP contribution in [0.5, 0.6) is 0 Å². The fraction of sp³-hybridized carbons (Fsp3) is 1.00. The minimum Gasteiger partial charge on any atom is -0.316 e. The van der Waals surface area contributed by atoms with Crippen LogP contribution in [0.15, 0.2) is 0 Å². The van der Waals surface area contributed by atoms with Gasteiger partial charge in [0.2, 0.25) is 0 Å². The van der Waals surface area contributed by atoms with Crippen molar-refractivity contribution in [1.82, 2.24) is 10.6 Å². The van der Waals surface area contributed by atoms with Crippen molar-refractivity contribution in [3.63, 3.8) is 0 Å². The van der Waals surface area contributed by atoms with Crippen LogP contribution in [0.25, 0.3) is 0 Å². The molecule has 0 bridgehead atoms. The Morgan fingerprint density at radius 2 is 1.94 bits per heavy atom. The fourth-order valence-corrected chi connectivity index (χ4v) is 3.25. The molecule has 0 radical (unpaired) electrons. The standard InChI is InChI=1S/C14H28N2/c1-12(14-7-3-2-4-8-14)16-11-13-6-5-9-15-10-13/h12-16H,2-11H2,1H3/t12-,13?/m0/s1. The van der Waals surface area contributed by atoms with Gasteiger partial charge < -0.3 is 10.6 Å². The maximum Gasteiger partial charge on any atom is 0.00671 e. The highest BCUT2D eigenvalue weighted by atomic mass is 14.9. The normalized spacial score (nSPS) is 30.2. The van der Waals surface area contributed by atoms with Crippen LogP contribution in [-0.2, 0) is 0 Å². The molecule has 0 aromatic carbocycles. The molecule has 0 aromatic rings. The molecule has 2 rings (SSSR count). The molecule has 1 unspecified atom stereocenters. The van der Waals surface area contributed by atoms with Gasteiger partial charge in [-0.3, -0.25) is 0 Å². The molecule has 2 nitrogen and oxygen atoms in total. The Balaban J connectivity index is 1.63. The van der Waals surface area contributed by atoms with Gasteiger partial charge in [0, 0.05) is 6.04 Å². The molecule has 2 fully saturated rings. The Labute approximate surface area is 101 Å². The van der Waals surface area contributed by atoms with E-state index < -0.39 is 0 Å². The summed E-state index contributed by atoms with van der Waals surface area (Å²) in [6, 6.07) is 0.738. The van der Waals surface area contributed by atoms with E-state index in [1.165, 1.54) is 64.6 Å². The van der Waals surface area contributed by atoms with Crippen molar-refractivity contribution in [2.24, 2.45) is 11.8 Å². The molecule has 2 atom stereocenters. The van der Waals surface area contributed by atoms with Gasteiger partial charge in [0.15, 0.2) is 0 Å².